The summed E-state index contributed by atoms with van der Waals surface area (Å²) in [5, 5.41) is 0. The predicted molar refractivity (Wildman–Crippen MR) is 54.0 cm³/mol. The van der Waals surface area contributed by atoms with Crippen LogP contribution in [0, 0.1) is 0 Å². The molecule has 1 unspecified atom stereocenters. The molecule has 3 nitrogen and oxygen atoms in total. The molecular formula is C11H16N2O. The molecule has 1 aliphatic carbocycles. The van der Waals surface area contributed by atoms with Crippen LogP contribution in [0.3, 0.4) is 0 Å². The molecule has 1 aromatic rings. The Labute approximate surface area is 84.1 Å². The smallest absolute Gasteiger partial charge is 0.133 e. The number of Topliss-reactive ketones (excluding diaryl/α,β-unsaturated/α-hetero) is 1. The van der Waals surface area contributed by atoms with Crippen LogP contribution in [0.4, 0.5) is 0 Å². The van der Waals surface area contributed by atoms with Crippen LogP contribution in [0.25, 0.3) is 0 Å². The molecule has 1 aromatic heterocycles. The minimum atomic E-state index is 0.367. The summed E-state index contributed by atoms with van der Waals surface area (Å²) in [7, 11) is 1.97. The Morgan fingerprint density at radius 3 is 3.07 bits per heavy atom. The summed E-state index contributed by atoms with van der Waals surface area (Å²) in [4.78, 5) is 15.8. The van der Waals surface area contributed by atoms with Crippen molar-refractivity contribution < 1.29 is 4.79 Å². The Hall–Kier alpha value is -1.12. The van der Waals surface area contributed by atoms with Crippen molar-refractivity contribution in [1.82, 2.24) is 9.55 Å². The molecule has 0 bridgehead atoms. The topological polar surface area (TPSA) is 34.9 Å². The van der Waals surface area contributed by atoms with Crippen LogP contribution in [0.2, 0.25) is 0 Å². The van der Waals surface area contributed by atoms with Crippen LogP contribution < -0.4 is 0 Å². The number of nitrogens with zero attached hydrogens (tertiary/aromatic N) is 2. The third-order valence-electron chi connectivity index (χ3n) is 2.88. The Kier molecular flexibility index (Phi) is 2.66. The van der Waals surface area contributed by atoms with Crippen molar-refractivity contribution in [3.05, 3.63) is 18.2 Å². The highest BCUT2D eigenvalue weighted by atomic mass is 16.1. The Bertz CT molecular complexity index is 330. The highest BCUT2D eigenvalue weighted by Crippen LogP contribution is 2.28. The number of hydrogen-bond donors (Lipinski definition) is 0. The van der Waals surface area contributed by atoms with E-state index in [-0.39, 0.29) is 0 Å². The fourth-order valence-electron chi connectivity index (χ4n) is 2.09. The molecule has 0 radical (unpaired) electrons. The van der Waals surface area contributed by atoms with Gasteiger partial charge in [-0.3, -0.25) is 4.79 Å². The zero-order valence-electron chi connectivity index (χ0n) is 8.57. The molecule has 14 heavy (non-hydrogen) atoms. The summed E-state index contributed by atoms with van der Waals surface area (Å²) in [6.45, 7) is 0. The van der Waals surface area contributed by atoms with E-state index in [9.17, 15) is 4.79 Å². The predicted octanol–water partition coefficient (Wildman–Crippen LogP) is 2.04. The maximum atomic E-state index is 11.4. The summed E-state index contributed by atoms with van der Waals surface area (Å²) >= 11 is 0. The van der Waals surface area contributed by atoms with Crippen LogP contribution in [0.15, 0.2) is 12.5 Å². The van der Waals surface area contributed by atoms with Gasteiger partial charge in [-0.15, -0.1) is 0 Å². The van der Waals surface area contributed by atoms with Crippen LogP contribution in [0.5, 0.6) is 0 Å². The number of rotatable bonds is 1. The Balaban J connectivity index is 2.12. The van der Waals surface area contributed by atoms with E-state index in [2.05, 4.69) is 4.98 Å². The number of carbonyl (C=O) groups excluding carboxylic acids is 1. The number of aromatic nitrogens is 2. The third-order valence-corrected chi connectivity index (χ3v) is 2.88. The fourth-order valence-corrected chi connectivity index (χ4v) is 2.09. The average Bonchev–Trinajstić information content (AvgIpc) is 2.45. The number of ketones is 1. The quantitative estimate of drug-likeness (QED) is 0.638. The fraction of sp³-hybridized carbons (Fsp3) is 0.636. The molecule has 0 spiro atoms. The van der Waals surface area contributed by atoms with E-state index >= 15 is 0 Å². The van der Waals surface area contributed by atoms with Crippen LogP contribution >= 0.6 is 0 Å². The van der Waals surface area contributed by atoms with Gasteiger partial charge in [0.15, 0.2) is 0 Å². The van der Waals surface area contributed by atoms with Gasteiger partial charge in [-0.25, -0.2) is 4.98 Å². The first-order valence-electron chi connectivity index (χ1n) is 5.25. The zero-order valence-corrected chi connectivity index (χ0v) is 8.57. The van der Waals surface area contributed by atoms with E-state index in [0.717, 1.165) is 31.4 Å². The second kappa shape index (κ2) is 3.95. The second-order valence-electron chi connectivity index (χ2n) is 4.15. The first-order valence-corrected chi connectivity index (χ1v) is 5.25. The van der Waals surface area contributed by atoms with Gasteiger partial charge in [0.1, 0.15) is 5.78 Å². The molecule has 0 saturated heterocycles. The Morgan fingerprint density at radius 2 is 2.36 bits per heavy atom. The van der Waals surface area contributed by atoms with Gasteiger partial charge in [0.25, 0.3) is 0 Å². The maximum Gasteiger partial charge on any atom is 0.133 e. The van der Waals surface area contributed by atoms with Gasteiger partial charge < -0.3 is 4.57 Å². The lowest BCUT2D eigenvalue weighted by molar-refractivity contribution is -0.119. The van der Waals surface area contributed by atoms with E-state index in [1.54, 1.807) is 0 Å². The molecule has 0 N–H and O–H groups in total. The van der Waals surface area contributed by atoms with Crippen molar-refractivity contribution in [2.24, 2.45) is 7.05 Å². The van der Waals surface area contributed by atoms with E-state index in [4.69, 9.17) is 0 Å². The Morgan fingerprint density at radius 1 is 1.50 bits per heavy atom. The van der Waals surface area contributed by atoms with Crippen LogP contribution in [0.1, 0.15) is 43.7 Å². The SMILES string of the molecule is Cn1cnc(C2CCCCC(=O)C2)c1. The van der Waals surface area contributed by atoms with Crippen molar-refractivity contribution in [1.29, 1.82) is 0 Å². The summed E-state index contributed by atoms with van der Waals surface area (Å²) in [5.41, 5.74) is 1.09. The van der Waals surface area contributed by atoms with E-state index in [1.165, 1.54) is 0 Å². The molecule has 2 rings (SSSR count). The van der Waals surface area contributed by atoms with Crippen molar-refractivity contribution in [2.75, 3.05) is 0 Å². The first kappa shape index (κ1) is 9.44. The van der Waals surface area contributed by atoms with Gasteiger partial charge in [-0.1, -0.05) is 6.42 Å². The van der Waals surface area contributed by atoms with E-state index < -0.39 is 0 Å². The minimum Gasteiger partial charge on any atom is -0.340 e. The van der Waals surface area contributed by atoms with Crippen molar-refractivity contribution >= 4 is 5.78 Å². The van der Waals surface area contributed by atoms with Crippen LogP contribution in [-0.2, 0) is 11.8 Å². The van der Waals surface area contributed by atoms with E-state index in [0.29, 0.717) is 18.1 Å². The normalized spacial score (nSPS) is 23.5. The van der Waals surface area contributed by atoms with E-state index in [1.807, 2.05) is 24.1 Å². The lowest BCUT2D eigenvalue weighted by atomic mass is 9.97. The lowest BCUT2D eigenvalue weighted by Gasteiger charge is -2.09. The number of hydrogen-bond acceptors (Lipinski definition) is 2. The molecule has 1 saturated carbocycles. The third kappa shape index (κ3) is 2.03. The molecule has 1 fully saturated rings. The van der Waals surface area contributed by atoms with Gasteiger partial charge in [0.2, 0.25) is 0 Å². The van der Waals surface area contributed by atoms with Gasteiger partial charge in [-0.2, -0.15) is 0 Å². The van der Waals surface area contributed by atoms with Gasteiger partial charge in [-0.05, 0) is 12.8 Å². The van der Waals surface area contributed by atoms with Gasteiger partial charge in [0, 0.05) is 32.0 Å². The maximum absolute atomic E-state index is 11.4. The highest BCUT2D eigenvalue weighted by molar-refractivity contribution is 5.79. The zero-order chi connectivity index (χ0) is 9.97. The molecular weight excluding hydrogens is 176 g/mol. The highest BCUT2D eigenvalue weighted by Gasteiger charge is 2.20. The summed E-state index contributed by atoms with van der Waals surface area (Å²) < 4.78 is 1.95. The molecule has 3 heteroatoms. The van der Waals surface area contributed by atoms with Crippen LogP contribution in [-0.4, -0.2) is 15.3 Å². The first-order chi connectivity index (χ1) is 6.75. The molecule has 0 aromatic carbocycles. The summed E-state index contributed by atoms with van der Waals surface area (Å²) in [6, 6.07) is 0. The summed E-state index contributed by atoms with van der Waals surface area (Å²) in [6.07, 6.45) is 8.63. The second-order valence-corrected chi connectivity index (χ2v) is 4.15. The standard InChI is InChI=1S/C11H16N2O/c1-13-7-11(12-8-13)9-4-2-3-5-10(14)6-9/h7-9H,2-6H2,1H3. The van der Waals surface area contributed by atoms with Gasteiger partial charge >= 0.3 is 0 Å². The molecule has 1 heterocycles. The minimum absolute atomic E-state index is 0.367. The molecule has 1 atom stereocenters. The lowest BCUT2D eigenvalue weighted by Crippen LogP contribution is -2.03. The van der Waals surface area contributed by atoms with Gasteiger partial charge in [0.05, 0.1) is 12.0 Å². The number of imidazole rings is 1. The molecule has 1 aliphatic rings. The number of aryl methyl sites for hydroxylation is 1. The van der Waals surface area contributed by atoms with Crippen molar-refractivity contribution in [3.63, 3.8) is 0 Å². The monoisotopic (exact) mass is 192 g/mol. The number of carbonyl (C=O) groups is 1. The average molecular weight is 192 g/mol. The molecule has 0 amide bonds. The van der Waals surface area contributed by atoms with Crippen molar-refractivity contribution in [2.45, 2.75) is 38.0 Å². The largest absolute Gasteiger partial charge is 0.340 e. The summed E-state index contributed by atoms with van der Waals surface area (Å²) in [5.74, 6) is 0.768. The molecule has 0 aliphatic heterocycles. The van der Waals surface area contributed by atoms with Crippen molar-refractivity contribution in [3.8, 4) is 0 Å². The molecule has 76 valence electrons.